The topological polar surface area (TPSA) is 17.0 Å². The van der Waals surface area contributed by atoms with Crippen LogP contribution in [-0.2, 0) is 7.05 Å². The van der Waals surface area contributed by atoms with Crippen molar-refractivity contribution in [3.63, 3.8) is 0 Å². The SMILES string of the molecule is CC(c1cccc2c1ccn2C)C1CCNCC1. The number of rotatable bonds is 2. The number of nitrogens with one attached hydrogen (secondary N) is 1. The van der Waals surface area contributed by atoms with Crippen molar-refractivity contribution in [2.75, 3.05) is 13.1 Å². The molecule has 0 bridgehead atoms. The molecule has 1 aromatic heterocycles. The lowest BCUT2D eigenvalue weighted by Gasteiger charge is -2.29. The summed E-state index contributed by atoms with van der Waals surface area (Å²) in [5, 5.41) is 4.89. The van der Waals surface area contributed by atoms with Gasteiger partial charge in [0.15, 0.2) is 0 Å². The molecule has 1 atom stereocenters. The third kappa shape index (κ3) is 1.95. The van der Waals surface area contributed by atoms with Gasteiger partial charge in [-0.05, 0) is 55.5 Å². The van der Waals surface area contributed by atoms with Crippen molar-refractivity contribution in [3.8, 4) is 0 Å². The molecule has 0 amide bonds. The van der Waals surface area contributed by atoms with E-state index in [1.165, 1.54) is 42.4 Å². The van der Waals surface area contributed by atoms with E-state index >= 15 is 0 Å². The first-order chi connectivity index (χ1) is 8.77. The lowest BCUT2D eigenvalue weighted by Crippen LogP contribution is -2.30. The van der Waals surface area contributed by atoms with Gasteiger partial charge in [0, 0.05) is 24.1 Å². The van der Waals surface area contributed by atoms with E-state index in [0.717, 1.165) is 5.92 Å². The van der Waals surface area contributed by atoms with Gasteiger partial charge >= 0.3 is 0 Å². The van der Waals surface area contributed by atoms with Crippen LogP contribution < -0.4 is 5.32 Å². The second-order valence-electron chi connectivity index (χ2n) is 5.58. The quantitative estimate of drug-likeness (QED) is 0.855. The number of benzene rings is 1. The highest BCUT2D eigenvalue weighted by atomic mass is 14.9. The molecule has 1 aromatic carbocycles. The Morgan fingerprint density at radius 1 is 1.22 bits per heavy atom. The summed E-state index contributed by atoms with van der Waals surface area (Å²) in [6, 6.07) is 9.00. The molecule has 2 aromatic rings. The molecule has 2 nitrogen and oxygen atoms in total. The van der Waals surface area contributed by atoms with Gasteiger partial charge in [0.05, 0.1) is 0 Å². The monoisotopic (exact) mass is 242 g/mol. The van der Waals surface area contributed by atoms with Crippen LogP contribution in [-0.4, -0.2) is 17.7 Å². The minimum absolute atomic E-state index is 0.665. The van der Waals surface area contributed by atoms with Crippen LogP contribution in [0.3, 0.4) is 0 Å². The molecule has 18 heavy (non-hydrogen) atoms. The molecule has 3 rings (SSSR count). The molecule has 1 aliphatic heterocycles. The van der Waals surface area contributed by atoms with Crippen molar-refractivity contribution in [1.29, 1.82) is 0 Å². The van der Waals surface area contributed by atoms with E-state index in [-0.39, 0.29) is 0 Å². The van der Waals surface area contributed by atoms with E-state index in [2.05, 4.69) is 54.3 Å². The minimum Gasteiger partial charge on any atom is -0.351 e. The molecule has 0 radical (unpaired) electrons. The van der Waals surface area contributed by atoms with Crippen molar-refractivity contribution in [3.05, 3.63) is 36.0 Å². The van der Waals surface area contributed by atoms with Gasteiger partial charge in [0.1, 0.15) is 0 Å². The average Bonchev–Trinajstić information content (AvgIpc) is 2.81. The molecule has 0 saturated carbocycles. The molecule has 0 aliphatic carbocycles. The summed E-state index contributed by atoms with van der Waals surface area (Å²) in [7, 11) is 2.13. The maximum atomic E-state index is 3.46. The molecule has 1 fully saturated rings. The predicted molar refractivity (Wildman–Crippen MR) is 76.9 cm³/mol. The van der Waals surface area contributed by atoms with Gasteiger partial charge < -0.3 is 9.88 Å². The Morgan fingerprint density at radius 3 is 2.78 bits per heavy atom. The highest BCUT2D eigenvalue weighted by Gasteiger charge is 2.22. The smallest absolute Gasteiger partial charge is 0.0480 e. The Hall–Kier alpha value is -1.28. The first kappa shape index (κ1) is 11.8. The number of fused-ring (bicyclic) bond motifs is 1. The van der Waals surface area contributed by atoms with Crippen molar-refractivity contribution >= 4 is 10.9 Å². The fourth-order valence-electron chi connectivity index (χ4n) is 3.32. The Labute approximate surface area is 109 Å². The zero-order valence-electron chi connectivity index (χ0n) is 11.3. The number of aromatic nitrogens is 1. The lowest BCUT2D eigenvalue weighted by molar-refractivity contribution is 0.331. The van der Waals surface area contributed by atoms with Crippen molar-refractivity contribution in [2.45, 2.75) is 25.7 Å². The molecule has 1 unspecified atom stereocenters. The summed E-state index contributed by atoms with van der Waals surface area (Å²) in [5.74, 6) is 1.50. The van der Waals surface area contributed by atoms with Crippen LogP contribution in [0.5, 0.6) is 0 Å². The first-order valence-corrected chi connectivity index (χ1v) is 7.02. The van der Waals surface area contributed by atoms with Crippen LogP contribution in [0, 0.1) is 5.92 Å². The summed E-state index contributed by atoms with van der Waals surface area (Å²) in [6.45, 7) is 4.76. The Balaban J connectivity index is 1.97. The Morgan fingerprint density at radius 2 is 2.00 bits per heavy atom. The van der Waals surface area contributed by atoms with Crippen LogP contribution in [0.4, 0.5) is 0 Å². The number of piperidine rings is 1. The average molecular weight is 242 g/mol. The van der Waals surface area contributed by atoms with Crippen molar-refractivity contribution in [2.24, 2.45) is 13.0 Å². The summed E-state index contributed by atoms with van der Waals surface area (Å²) in [5.41, 5.74) is 2.88. The first-order valence-electron chi connectivity index (χ1n) is 7.02. The molecule has 2 heterocycles. The van der Waals surface area contributed by atoms with Crippen LogP contribution >= 0.6 is 0 Å². The van der Waals surface area contributed by atoms with Gasteiger partial charge in [0.25, 0.3) is 0 Å². The van der Waals surface area contributed by atoms with Gasteiger partial charge in [0.2, 0.25) is 0 Å². The number of hydrogen-bond acceptors (Lipinski definition) is 1. The molecule has 2 heteroatoms. The molecule has 1 N–H and O–H groups in total. The second kappa shape index (κ2) is 4.77. The summed E-state index contributed by atoms with van der Waals surface area (Å²) < 4.78 is 2.22. The fraction of sp³-hybridized carbons (Fsp3) is 0.500. The zero-order chi connectivity index (χ0) is 12.5. The van der Waals surface area contributed by atoms with E-state index in [1.807, 2.05) is 0 Å². The normalized spacial score (nSPS) is 19.2. The maximum absolute atomic E-state index is 3.46. The Bertz CT molecular complexity index is 535. The van der Waals surface area contributed by atoms with Crippen LogP contribution in [0.15, 0.2) is 30.5 Å². The number of nitrogens with zero attached hydrogens (tertiary/aromatic N) is 1. The number of aryl methyl sites for hydroxylation is 1. The summed E-state index contributed by atoms with van der Waals surface area (Å²) in [6.07, 6.45) is 4.79. The zero-order valence-corrected chi connectivity index (χ0v) is 11.3. The van der Waals surface area contributed by atoms with E-state index in [4.69, 9.17) is 0 Å². The lowest BCUT2D eigenvalue weighted by atomic mass is 9.81. The van der Waals surface area contributed by atoms with E-state index < -0.39 is 0 Å². The van der Waals surface area contributed by atoms with Crippen LogP contribution in [0.1, 0.15) is 31.2 Å². The summed E-state index contributed by atoms with van der Waals surface area (Å²) in [4.78, 5) is 0. The molecular formula is C16H22N2. The van der Waals surface area contributed by atoms with Crippen molar-refractivity contribution < 1.29 is 0 Å². The summed E-state index contributed by atoms with van der Waals surface area (Å²) >= 11 is 0. The van der Waals surface area contributed by atoms with E-state index in [9.17, 15) is 0 Å². The molecular weight excluding hydrogens is 220 g/mol. The minimum atomic E-state index is 0.665. The van der Waals surface area contributed by atoms with Gasteiger partial charge in [-0.15, -0.1) is 0 Å². The van der Waals surface area contributed by atoms with Gasteiger partial charge in [-0.3, -0.25) is 0 Å². The van der Waals surface area contributed by atoms with Crippen molar-refractivity contribution in [1.82, 2.24) is 9.88 Å². The fourth-order valence-corrected chi connectivity index (χ4v) is 3.32. The predicted octanol–water partition coefficient (Wildman–Crippen LogP) is 3.28. The van der Waals surface area contributed by atoms with Crippen LogP contribution in [0.2, 0.25) is 0 Å². The van der Waals surface area contributed by atoms with E-state index in [0.29, 0.717) is 5.92 Å². The Kier molecular flexibility index (Phi) is 3.13. The molecule has 96 valence electrons. The van der Waals surface area contributed by atoms with Crippen LogP contribution in [0.25, 0.3) is 10.9 Å². The van der Waals surface area contributed by atoms with Gasteiger partial charge in [-0.1, -0.05) is 19.1 Å². The standard InChI is InChI=1S/C16H22N2/c1-12(13-6-9-17-10-7-13)14-4-3-5-16-15(14)8-11-18(16)2/h3-5,8,11-13,17H,6-7,9-10H2,1-2H3. The highest BCUT2D eigenvalue weighted by Crippen LogP contribution is 2.34. The van der Waals surface area contributed by atoms with Gasteiger partial charge in [-0.2, -0.15) is 0 Å². The van der Waals surface area contributed by atoms with Gasteiger partial charge in [-0.25, -0.2) is 0 Å². The third-order valence-corrected chi connectivity index (χ3v) is 4.54. The molecule has 1 saturated heterocycles. The third-order valence-electron chi connectivity index (χ3n) is 4.54. The van der Waals surface area contributed by atoms with E-state index in [1.54, 1.807) is 0 Å². The number of hydrogen-bond donors (Lipinski definition) is 1. The molecule has 0 spiro atoms. The highest BCUT2D eigenvalue weighted by molar-refractivity contribution is 5.84. The molecule has 1 aliphatic rings. The largest absolute Gasteiger partial charge is 0.351 e. The maximum Gasteiger partial charge on any atom is 0.0480 e. The second-order valence-corrected chi connectivity index (χ2v) is 5.58.